The second-order valence-electron chi connectivity index (χ2n) is 3.88. The molecule has 1 rings (SSSR count). The third kappa shape index (κ3) is 4.95. The molecule has 1 N–H and O–H groups in total. The van der Waals surface area contributed by atoms with Gasteiger partial charge in [-0.3, -0.25) is 9.78 Å². The van der Waals surface area contributed by atoms with Crippen LogP contribution in [0.1, 0.15) is 37.2 Å². The molecular weight excluding hydrogens is 240 g/mol. The predicted molar refractivity (Wildman–Crippen MR) is 76.1 cm³/mol. The summed E-state index contributed by atoms with van der Waals surface area (Å²) in [6, 6.07) is 3.36. The topological polar surface area (TPSA) is 51.2 Å². The number of carbonyl (C=O) groups is 1. The molecule has 102 valence electrons. The zero-order chi connectivity index (χ0) is 14.1. The van der Waals surface area contributed by atoms with Crippen molar-refractivity contribution in [3.63, 3.8) is 0 Å². The van der Waals surface area contributed by atoms with Gasteiger partial charge in [-0.1, -0.05) is 19.9 Å². The van der Waals surface area contributed by atoms with Crippen molar-refractivity contribution in [2.24, 2.45) is 0 Å². The van der Waals surface area contributed by atoms with Crippen LogP contribution < -0.4 is 10.1 Å². The summed E-state index contributed by atoms with van der Waals surface area (Å²) < 4.78 is 5.75. The summed E-state index contributed by atoms with van der Waals surface area (Å²) in [7, 11) is 1.57. The maximum atomic E-state index is 11.5. The zero-order valence-corrected chi connectivity index (χ0v) is 11.6. The Hall–Kier alpha value is -2.10. The van der Waals surface area contributed by atoms with Gasteiger partial charge in [0.25, 0.3) is 5.91 Å². The van der Waals surface area contributed by atoms with Crippen molar-refractivity contribution < 1.29 is 9.53 Å². The largest absolute Gasteiger partial charge is 0.458 e. The highest BCUT2D eigenvalue weighted by molar-refractivity contribution is 5.92. The average Bonchev–Trinajstić information content (AvgIpc) is 2.44. The fourth-order valence-corrected chi connectivity index (χ4v) is 1.44. The third-order valence-electron chi connectivity index (χ3n) is 2.35. The van der Waals surface area contributed by atoms with Gasteiger partial charge in [-0.2, -0.15) is 0 Å². The summed E-state index contributed by atoms with van der Waals surface area (Å²) in [5.74, 6) is 1.16. The first-order valence-corrected chi connectivity index (χ1v) is 6.43. The van der Waals surface area contributed by atoms with Crippen LogP contribution in [0.4, 0.5) is 0 Å². The van der Waals surface area contributed by atoms with E-state index >= 15 is 0 Å². The number of aromatic nitrogens is 1. The van der Waals surface area contributed by atoms with Crippen LogP contribution in [0.5, 0.6) is 5.75 Å². The van der Waals surface area contributed by atoms with Crippen LogP contribution >= 0.6 is 0 Å². The van der Waals surface area contributed by atoms with Gasteiger partial charge in [0, 0.05) is 19.3 Å². The Morgan fingerprint density at radius 1 is 1.42 bits per heavy atom. The van der Waals surface area contributed by atoms with Crippen LogP contribution in [0.3, 0.4) is 0 Å². The Bertz CT molecular complexity index is 479. The molecule has 0 saturated heterocycles. The quantitative estimate of drug-likeness (QED) is 0.631. The van der Waals surface area contributed by atoms with Crippen molar-refractivity contribution in [1.82, 2.24) is 10.3 Å². The molecule has 19 heavy (non-hydrogen) atoms. The van der Waals surface area contributed by atoms with Gasteiger partial charge >= 0.3 is 0 Å². The average molecular weight is 260 g/mol. The van der Waals surface area contributed by atoms with Crippen LogP contribution in [0.15, 0.2) is 42.3 Å². The monoisotopic (exact) mass is 260 g/mol. The van der Waals surface area contributed by atoms with Gasteiger partial charge in [0.1, 0.15) is 17.2 Å². The normalized spacial score (nSPS) is 11.6. The second kappa shape index (κ2) is 8.08. The van der Waals surface area contributed by atoms with Gasteiger partial charge in [0.15, 0.2) is 0 Å². The minimum absolute atomic E-state index is 0.226. The number of rotatable bonds is 6. The van der Waals surface area contributed by atoms with Crippen LogP contribution in [0, 0.1) is 0 Å². The Morgan fingerprint density at radius 3 is 2.84 bits per heavy atom. The zero-order valence-electron chi connectivity index (χ0n) is 11.6. The summed E-state index contributed by atoms with van der Waals surface area (Å²) in [4.78, 5) is 15.5. The maximum Gasteiger partial charge on any atom is 0.269 e. The molecule has 1 aromatic heterocycles. The standard InChI is InChI=1S/C15H20N2O2/c1-4-6-8-12(7-5-2)19-13-9-10-17-14(11-13)15(18)16-3/h6-11H,4-5H2,1-3H3,(H,16,18)/b8-6-,12-7+. The molecule has 1 aromatic rings. The molecule has 0 aromatic carbocycles. The number of hydrogen-bond donors (Lipinski definition) is 1. The first kappa shape index (κ1) is 15.0. The van der Waals surface area contributed by atoms with E-state index in [4.69, 9.17) is 4.74 Å². The summed E-state index contributed by atoms with van der Waals surface area (Å²) in [6.07, 6.45) is 9.35. The fourth-order valence-electron chi connectivity index (χ4n) is 1.44. The summed E-state index contributed by atoms with van der Waals surface area (Å²) in [5.41, 5.74) is 0.343. The van der Waals surface area contributed by atoms with Crippen molar-refractivity contribution in [2.45, 2.75) is 26.7 Å². The lowest BCUT2D eigenvalue weighted by Gasteiger charge is -2.07. The van der Waals surface area contributed by atoms with Crippen LogP contribution in [0.2, 0.25) is 0 Å². The van der Waals surface area contributed by atoms with Crippen molar-refractivity contribution in [3.05, 3.63) is 48.0 Å². The van der Waals surface area contributed by atoms with Crippen LogP contribution in [-0.2, 0) is 0 Å². The van der Waals surface area contributed by atoms with Gasteiger partial charge in [-0.05, 0) is 31.1 Å². The van der Waals surface area contributed by atoms with Crippen molar-refractivity contribution in [1.29, 1.82) is 0 Å². The lowest BCUT2D eigenvalue weighted by molar-refractivity contribution is 0.0958. The minimum Gasteiger partial charge on any atom is -0.458 e. The molecule has 0 bridgehead atoms. The highest BCUT2D eigenvalue weighted by Gasteiger charge is 2.06. The first-order chi connectivity index (χ1) is 9.21. The van der Waals surface area contributed by atoms with Crippen LogP contribution in [-0.4, -0.2) is 17.9 Å². The minimum atomic E-state index is -0.226. The molecule has 0 saturated carbocycles. The van der Waals surface area contributed by atoms with Crippen LogP contribution in [0.25, 0.3) is 0 Å². The SMILES string of the molecule is CC/C=C\C(=C/CC)Oc1ccnc(C(=O)NC)c1. The first-order valence-electron chi connectivity index (χ1n) is 6.43. The molecule has 1 heterocycles. The van der Waals surface area contributed by atoms with Gasteiger partial charge in [0.05, 0.1) is 0 Å². The highest BCUT2D eigenvalue weighted by atomic mass is 16.5. The number of nitrogens with one attached hydrogen (secondary N) is 1. The van der Waals surface area contributed by atoms with Gasteiger partial charge in [-0.15, -0.1) is 0 Å². The van der Waals surface area contributed by atoms with E-state index in [0.29, 0.717) is 11.4 Å². The molecule has 4 nitrogen and oxygen atoms in total. The molecular formula is C15H20N2O2. The number of carbonyl (C=O) groups excluding carboxylic acids is 1. The number of hydrogen-bond acceptors (Lipinski definition) is 3. The smallest absolute Gasteiger partial charge is 0.269 e. The van der Waals surface area contributed by atoms with E-state index in [-0.39, 0.29) is 5.91 Å². The van der Waals surface area contributed by atoms with Gasteiger partial charge in [-0.25, -0.2) is 0 Å². The Balaban J connectivity index is 2.88. The Kier molecular flexibility index (Phi) is 6.36. The maximum absolute atomic E-state index is 11.5. The van der Waals surface area contributed by atoms with Crippen molar-refractivity contribution in [2.75, 3.05) is 7.05 Å². The number of ether oxygens (including phenoxy) is 1. The molecule has 0 radical (unpaired) electrons. The van der Waals surface area contributed by atoms with E-state index in [1.807, 2.05) is 25.2 Å². The molecule has 0 aliphatic carbocycles. The molecule has 0 spiro atoms. The fraction of sp³-hybridized carbons (Fsp3) is 0.333. The summed E-state index contributed by atoms with van der Waals surface area (Å²) in [6.45, 7) is 4.11. The lowest BCUT2D eigenvalue weighted by Crippen LogP contribution is -2.19. The number of nitrogens with zero attached hydrogens (tertiary/aromatic N) is 1. The lowest BCUT2D eigenvalue weighted by atomic mass is 10.3. The van der Waals surface area contributed by atoms with Gasteiger partial charge in [0.2, 0.25) is 0 Å². The van der Waals surface area contributed by atoms with E-state index in [1.165, 1.54) is 0 Å². The number of allylic oxidation sites excluding steroid dienone is 3. The predicted octanol–water partition coefficient (Wildman–Crippen LogP) is 3.08. The Morgan fingerprint density at radius 2 is 2.21 bits per heavy atom. The molecule has 0 unspecified atom stereocenters. The molecule has 1 amide bonds. The molecule has 4 heteroatoms. The third-order valence-corrected chi connectivity index (χ3v) is 2.35. The summed E-state index contributed by atoms with van der Waals surface area (Å²) in [5, 5.41) is 2.54. The summed E-state index contributed by atoms with van der Waals surface area (Å²) >= 11 is 0. The molecule has 0 aliphatic heterocycles. The van der Waals surface area contributed by atoms with Crippen molar-refractivity contribution in [3.8, 4) is 5.75 Å². The van der Waals surface area contributed by atoms with Crippen molar-refractivity contribution >= 4 is 5.91 Å². The molecule has 0 atom stereocenters. The van der Waals surface area contributed by atoms with Gasteiger partial charge < -0.3 is 10.1 Å². The second-order valence-corrected chi connectivity index (χ2v) is 3.88. The molecule has 0 aliphatic rings. The van der Waals surface area contributed by atoms with E-state index in [0.717, 1.165) is 18.6 Å². The number of pyridine rings is 1. The van der Waals surface area contributed by atoms with E-state index in [1.54, 1.807) is 25.4 Å². The Labute approximate surface area is 114 Å². The van der Waals surface area contributed by atoms with E-state index in [2.05, 4.69) is 17.2 Å². The highest BCUT2D eigenvalue weighted by Crippen LogP contribution is 2.15. The van der Waals surface area contributed by atoms with E-state index < -0.39 is 0 Å². The van der Waals surface area contributed by atoms with E-state index in [9.17, 15) is 4.79 Å². The molecule has 0 fully saturated rings. The number of amides is 1.